The smallest absolute Gasteiger partial charge is 0.256 e. The Hall–Kier alpha value is -2.61. The van der Waals surface area contributed by atoms with Gasteiger partial charge in [0.25, 0.3) is 5.91 Å². The van der Waals surface area contributed by atoms with Crippen LogP contribution in [0.2, 0.25) is 0 Å². The van der Waals surface area contributed by atoms with Gasteiger partial charge in [-0.05, 0) is 24.3 Å². The van der Waals surface area contributed by atoms with Crippen LogP contribution in [0.1, 0.15) is 22.2 Å². The van der Waals surface area contributed by atoms with Gasteiger partial charge in [-0.2, -0.15) is 5.26 Å². The molecule has 0 saturated heterocycles. The summed E-state index contributed by atoms with van der Waals surface area (Å²) in [7, 11) is 1.56. The molecular weight excluding hydrogens is 230 g/mol. The molecule has 0 aliphatic heterocycles. The first-order valence-electron chi connectivity index (χ1n) is 5.34. The minimum Gasteiger partial charge on any atom is -0.466 e. The van der Waals surface area contributed by atoms with Crippen molar-refractivity contribution in [3.8, 4) is 6.07 Å². The lowest BCUT2D eigenvalue weighted by atomic mass is 10.2. The molecule has 0 fully saturated rings. The van der Waals surface area contributed by atoms with Crippen molar-refractivity contribution < 1.29 is 9.21 Å². The third kappa shape index (κ3) is 2.23. The van der Waals surface area contributed by atoms with Crippen molar-refractivity contribution in [2.75, 3.05) is 7.05 Å². The third-order valence-electron chi connectivity index (χ3n) is 2.55. The van der Waals surface area contributed by atoms with Gasteiger partial charge in [0.1, 0.15) is 5.76 Å². The highest BCUT2D eigenvalue weighted by atomic mass is 16.3. The first kappa shape index (κ1) is 11.9. The fraction of sp³-hybridized carbons (Fsp3) is 0.154. The van der Waals surface area contributed by atoms with E-state index in [1.807, 2.05) is 6.07 Å². The highest BCUT2D eigenvalue weighted by Gasteiger charge is 2.24. The van der Waals surface area contributed by atoms with Gasteiger partial charge >= 0.3 is 0 Å². The van der Waals surface area contributed by atoms with Crippen LogP contribution in [0.15, 0.2) is 47.3 Å². The third-order valence-corrected chi connectivity index (χ3v) is 2.55. The molecule has 0 aromatic carbocycles. The van der Waals surface area contributed by atoms with E-state index in [4.69, 9.17) is 9.68 Å². The number of aromatic nitrogens is 1. The molecule has 1 unspecified atom stereocenters. The van der Waals surface area contributed by atoms with Crippen LogP contribution >= 0.6 is 0 Å². The summed E-state index contributed by atoms with van der Waals surface area (Å²) in [5.74, 6) is 0.170. The molecular formula is C13H11N3O2. The van der Waals surface area contributed by atoms with Gasteiger partial charge in [0, 0.05) is 19.4 Å². The zero-order valence-corrected chi connectivity index (χ0v) is 9.78. The van der Waals surface area contributed by atoms with Crippen LogP contribution < -0.4 is 0 Å². The normalized spacial score (nSPS) is 11.6. The second-order valence-corrected chi connectivity index (χ2v) is 3.70. The average Bonchev–Trinajstić information content (AvgIpc) is 2.93. The van der Waals surface area contributed by atoms with Gasteiger partial charge in [-0.25, -0.2) is 0 Å². The van der Waals surface area contributed by atoms with E-state index in [0.29, 0.717) is 11.3 Å². The van der Waals surface area contributed by atoms with Gasteiger partial charge in [0.05, 0.1) is 17.9 Å². The average molecular weight is 241 g/mol. The Bertz CT molecular complexity index is 558. The summed E-state index contributed by atoms with van der Waals surface area (Å²) in [5, 5.41) is 9.14. The SMILES string of the molecule is CN(C(=O)c1cccnc1)C(C#N)c1ccco1. The Morgan fingerprint density at radius 1 is 1.50 bits per heavy atom. The lowest BCUT2D eigenvalue weighted by molar-refractivity contribution is 0.0750. The van der Waals surface area contributed by atoms with Crippen LogP contribution in [0.5, 0.6) is 0 Å². The maximum absolute atomic E-state index is 12.1. The number of hydrogen-bond donors (Lipinski definition) is 0. The molecule has 0 saturated carbocycles. The molecule has 0 radical (unpaired) electrons. The number of carbonyl (C=O) groups excluding carboxylic acids is 1. The molecule has 0 bridgehead atoms. The minimum atomic E-state index is -0.743. The molecule has 0 N–H and O–H groups in total. The maximum atomic E-state index is 12.1. The van der Waals surface area contributed by atoms with Crippen LogP contribution in [-0.2, 0) is 0 Å². The summed E-state index contributed by atoms with van der Waals surface area (Å²) in [6.07, 6.45) is 4.53. The predicted molar refractivity (Wildman–Crippen MR) is 63.4 cm³/mol. The van der Waals surface area contributed by atoms with Crippen LogP contribution in [0.4, 0.5) is 0 Å². The van der Waals surface area contributed by atoms with E-state index in [9.17, 15) is 4.79 Å². The molecule has 1 atom stereocenters. The number of amides is 1. The van der Waals surface area contributed by atoms with E-state index in [2.05, 4.69) is 4.98 Å². The summed E-state index contributed by atoms with van der Waals surface area (Å²) >= 11 is 0. The van der Waals surface area contributed by atoms with Gasteiger partial charge in [0.15, 0.2) is 6.04 Å². The van der Waals surface area contributed by atoms with E-state index in [0.717, 1.165) is 0 Å². The molecule has 90 valence electrons. The molecule has 2 aromatic rings. The largest absolute Gasteiger partial charge is 0.466 e. The number of nitrogens with zero attached hydrogens (tertiary/aromatic N) is 3. The topological polar surface area (TPSA) is 70.1 Å². The first-order chi connectivity index (χ1) is 8.74. The summed E-state index contributed by atoms with van der Waals surface area (Å²) in [5.41, 5.74) is 0.437. The van der Waals surface area contributed by atoms with Crippen LogP contribution in [-0.4, -0.2) is 22.8 Å². The summed E-state index contributed by atoms with van der Waals surface area (Å²) in [6.45, 7) is 0. The number of carbonyl (C=O) groups is 1. The molecule has 1 amide bonds. The van der Waals surface area contributed by atoms with E-state index < -0.39 is 6.04 Å². The monoisotopic (exact) mass is 241 g/mol. The van der Waals surface area contributed by atoms with Crippen molar-refractivity contribution >= 4 is 5.91 Å². The standard InChI is InChI=1S/C13H11N3O2/c1-16(11(8-14)12-5-3-7-18-12)13(17)10-4-2-6-15-9-10/h2-7,9,11H,1H3. The summed E-state index contributed by atoms with van der Waals surface area (Å²) in [4.78, 5) is 17.3. The van der Waals surface area contributed by atoms with Crippen molar-refractivity contribution in [3.05, 3.63) is 54.2 Å². The fourth-order valence-electron chi connectivity index (χ4n) is 1.60. The molecule has 2 aromatic heterocycles. The highest BCUT2D eigenvalue weighted by Crippen LogP contribution is 2.20. The Labute approximate surface area is 104 Å². The van der Waals surface area contributed by atoms with Crippen molar-refractivity contribution in [1.82, 2.24) is 9.88 Å². The predicted octanol–water partition coefficient (Wildman–Crippen LogP) is 2.01. The van der Waals surface area contributed by atoms with Crippen molar-refractivity contribution in [2.45, 2.75) is 6.04 Å². The van der Waals surface area contributed by atoms with Crippen molar-refractivity contribution in [2.24, 2.45) is 0 Å². The number of hydrogen-bond acceptors (Lipinski definition) is 4. The number of rotatable bonds is 3. The van der Waals surface area contributed by atoms with E-state index in [-0.39, 0.29) is 5.91 Å². The minimum absolute atomic E-state index is 0.272. The quantitative estimate of drug-likeness (QED) is 0.824. The molecule has 0 aliphatic rings. The molecule has 5 nitrogen and oxygen atoms in total. The Morgan fingerprint density at radius 2 is 2.33 bits per heavy atom. The van der Waals surface area contributed by atoms with Crippen molar-refractivity contribution in [3.63, 3.8) is 0 Å². The van der Waals surface area contributed by atoms with E-state index in [1.165, 1.54) is 17.4 Å². The number of pyridine rings is 1. The maximum Gasteiger partial charge on any atom is 0.256 e. The fourth-order valence-corrected chi connectivity index (χ4v) is 1.60. The lowest BCUT2D eigenvalue weighted by Crippen LogP contribution is -2.30. The van der Waals surface area contributed by atoms with Crippen molar-refractivity contribution in [1.29, 1.82) is 5.26 Å². The van der Waals surface area contributed by atoms with Gasteiger partial charge < -0.3 is 9.32 Å². The molecule has 0 spiro atoms. The zero-order chi connectivity index (χ0) is 13.0. The van der Waals surface area contributed by atoms with Gasteiger partial charge in [-0.15, -0.1) is 0 Å². The Morgan fingerprint density at radius 3 is 2.89 bits per heavy atom. The van der Waals surface area contributed by atoms with Crippen LogP contribution in [0.3, 0.4) is 0 Å². The molecule has 2 rings (SSSR count). The Balaban J connectivity index is 2.23. The second-order valence-electron chi connectivity index (χ2n) is 3.70. The summed E-state index contributed by atoms with van der Waals surface area (Å²) < 4.78 is 5.16. The molecule has 2 heterocycles. The van der Waals surface area contributed by atoms with E-state index in [1.54, 1.807) is 37.5 Å². The highest BCUT2D eigenvalue weighted by molar-refractivity contribution is 5.94. The molecule has 5 heteroatoms. The zero-order valence-electron chi connectivity index (χ0n) is 9.78. The van der Waals surface area contributed by atoms with Gasteiger partial charge in [-0.3, -0.25) is 9.78 Å². The Kier molecular flexibility index (Phi) is 3.39. The lowest BCUT2D eigenvalue weighted by Gasteiger charge is -2.20. The van der Waals surface area contributed by atoms with Crippen LogP contribution in [0, 0.1) is 11.3 Å². The number of furan rings is 1. The van der Waals surface area contributed by atoms with Gasteiger partial charge in [0.2, 0.25) is 0 Å². The van der Waals surface area contributed by atoms with E-state index >= 15 is 0 Å². The first-order valence-corrected chi connectivity index (χ1v) is 5.34. The second kappa shape index (κ2) is 5.15. The summed E-state index contributed by atoms with van der Waals surface area (Å²) in [6, 6.07) is 7.98. The molecule has 18 heavy (non-hydrogen) atoms. The van der Waals surface area contributed by atoms with Gasteiger partial charge in [-0.1, -0.05) is 0 Å². The molecule has 0 aliphatic carbocycles. The van der Waals surface area contributed by atoms with Crippen LogP contribution in [0.25, 0.3) is 0 Å². The number of nitriles is 1.